The van der Waals surface area contributed by atoms with Gasteiger partial charge in [-0.25, -0.2) is 0 Å². The Hall–Kier alpha value is -1.53. The molecule has 2 fully saturated rings. The van der Waals surface area contributed by atoms with Crippen LogP contribution < -0.4 is 4.90 Å². The van der Waals surface area contributed by atoms with E-state index >= 15 is 0 Å². The first-order valence-corrected chi connectivity index (χ1v) is 7.16. The monoisotopic (exact) mass is 255 g/mol. The van der Waals surface area contributed by atoms with Crippen LogP contribution in [0.15, 0.2) is 18.2 Å². The van der Waals surface area contributed by atoms with E-state index in [2.05, 4.69) is 35.0 Å². The van der Waals surface area contributed by atoms with Crippen LogP contribution in [0.2, 0.25) is 0 Å². The molecule has 100 valence electrons. The fraction of sp³-hybridized carbons (Fsp3) is 0.562. The summed E-state index contributed by atoms with van der Waals surface area (Å²) in [5.41, 5.74) is 3.10. The van der Waals surface area contributed by atoms with Gasteiger partial charge in [-0.1, -0.05) is 6.07 Å². The van der Waals surface area contributed by atoms with Crippen LogP contribution in [0, 0.1) is 18.3 Å². The van der Waals surface area contributed by atoms with Crippen LogP contribution in [-0.2, 0) is 0 Å². The Morgan fingerprint density at radius 1 is 1.21 bits per heavy atom. The molecule has 3 nitrogen and oxygen atoms in total. The molecular weight excluding hydrogens is 234 g/mol. The first-order chi connectivity index (χ1) is 9.19. The van der Waals surface area contributed by atoms with E-state index in [9.17, 15) is 5.26 Å². The molecule has 0 amide bonds. The third-order valence-electron chi connectivity index (χ3n) is 4.76. The van der Waals surface area contributed by atoms with Crippen molar-refractivity contribution in [2.24, 2.45) is 0 Å². The van der Waals surface area contributed by atoms with E-state index in [4.69, 9.17) is 0 Å². The smallest absolute Gasteiger partial charge is 0.101 e. The molecule has 2 aliphatic heterocycles. The zero-order chi connectivity index (χ0) is 13.4. The highest BCUT2D eigenvalue weighted by atomic mass is 15.3. The van der Waals surface area contributed by atoms with Gasteiger partial charge in [-0.15, -0.1) is 0 Å². The first kappa shape index (κ1) is 12.5. The molecule has 3 heteroatoms. The number of hydrogen-bond donors (Lipinski definition) is 0. The molecule has 1 aromatic carbocycles. The molecule has 2 heterocycles. The Labute approximate surface area is 115 Å². The van der Waals surface area contributed by atoms with Crippen LogP contribution >= 0.6 is 0 Å². The Bertz CT molecular complexity index is 517. The zero-order valence-electron chi connectivity index (χ0n) is 11.8. The lowest BCUT2D eigenvalue weighted by molar-refractivity contribution is 0.254. The molecule has 1 aromatic rings. The van der Waals surface area contributed by atoms with Crippen LogP contribution in [0.25, 0.3) is 0 Å². The van der Waals surface area contributed by atoms with Gasteiger partial charge < -0.3 is 4.90 Å². The molecular formula is C16H21N3. The van der Waals surface area contributed by atoms with E-state index in [0.29, 0.717) is 6.04 Å². The lowest BCUT2D eigenvalue weighted by atomic mass is 10.1. The quantitative estimate of drug-likeness (QED) is 0.772. The number of fused-ring (bicyclic) bond motifs is 2. The molecule has 19 heavy (non-hydrogen) atoms. The summed E-state index contributed by atoms with van der Waals surface area (Å²) in [5, 5.41) is 9.34. The summed E-state index contributed by atoms with van der Waals surface area (Å²) >= 11 is 0. The van der Waals surface area contributed by atoms with Gasteiger partial charge in [-0.05, 0) is 50.9 Å². The summed E-state index contributed by atoms with van der Waals surface area (Å²) in [6.45, 7) is 4.18. The predicted molar refractivity (Wildman–Crippen MR) is 77.3 cm³/mol. The molecule has 0 saturated carbocycles. The number of rotatable bonds is 1. The third kappa shape index (κ3) is 2.21. The standard InChI is InChI=1S/C16H21N3/c1-12-3-6-16(13(9-12)10-17)19-8-7-14-4-5-15(11-19)18(14)2/h3,6,9,14-15H,4-5,7-8,11H2,1-2H3. The molecule has 0 spiro atoms. The summed E-state index contributed by atoms with van der Waals surface area (Å²) in [4.78, 5) is 4.96. The van der Waals surface area contributed by atoms with Crippen molar-refractivity contribution in [2.75, 3.05) is 25.0 Å². The molecule has 2 bridgehead atoms. The van der Waals surface area contributed by atoms with Crippen molar-refractivity contribution in [1.29, 1.82) is 5.26 Å². The molecule has 2 aliphatic rings. The zero-order valence-corrected chi connectivity index (χ0v) is 11.8. The molecule has 0 aliphatic carbocycles. The maximum Gasteiger partial charge on any atom is 0.101 e. The van der Waals surface area contributed by atoms with Gasteiger partial charge in [0.1, 0.15) is 6.07 Å². The molecule has 2 saturated heterocycles. The van der Waals surface area contributed by atoms with E-state index in [1.807, 2.05) is 13.0 Å². The normalized spacial score (nSPS) is 27.1. The van der Waals surface area contributed by atoms with Gasteiger partial charge in [-0.2, -0.15) is 5.26 Å². The fourth-order valence-electron chi connectivity index (χ4n) is 3.54. The number of nitrogens with zero attached hydrogens (tertiary/aromatic N) is 3. The Kier molecular flexibility index (Phi) is 3.20. The predicted octanol–water partition coefficient (Wildman–Crippen LogP) is 2.54. The van der Waals surface area contributed by atoms with E-state index in [1.165, 1.54) is 19.3 Å². The number of nitriles is 1. The van der Waals surface area contributed by atoms with Crippen molar-refractivity contribution in [2.45, 2.75) is 38.3 Å². The van der Waals surface area contributed by atoms with Gasteiger partial charge in [0.05, 0.1) is 11.3 Å². The van der Waals surface area contributed by atoms with Crippen molar-refractivity contribution in [1.82, 2.24) is 4.90 Å². The Morgan fingerprint density at radius 3 is 2.79 bits per heavy atom. The minimum Gasteiger partial charge on any atom is -0.369 e. The summed E-state index contributed by atoms with van der Waals surface area (Å²) in [5.74, 6) is 0. The summed E-state index contributed by atoms with van der Waals surface area (Å²) in [6, 6.07) is 9.98. The fourth-order valence-corrected chi connectivity index (χ4v) is 3.54. The number of anilines is 1. The average Bonchev–Trinajstić information content (AvgIpc) is 2.64. The number of aryl methyl sites for hydroxylation is 1. The van der Waals surface area contributed by atoms with Gasteiger partial charge in [0.15, 0.2) is 0 Å². The van der Waals surface area contributed by atoms with E-state index < -0.39 is 0 Å². The lowest BCUT2D eigenvalue weighted by Crippen LogP contribution is -2.36. The highest BCUT2D eigenvalue weighted by Gasteiger charge is 2.35. The maximum absolute atomic E-state index is 9.34. The summed E-state index contributed by atoms with van der Waals surface area (Å²) in [7, 11) is 2.26. The minimum absolute atomic E-state index is 0.653. The molecule has 0 radical (unpaired) electrons. The van der Waals surface area contributed by atoms with Crippen LogP contribution in [0.3, 0.4) is 0 Å². The number of hydrogen-bond acceptors (Lipinski definition) is 3. The minimum atomic E-state index is 0.653. The first-order valence-electron chi connectivity index (χ1n) is 7.16. The second kappa shape index (κ2) is 4.86. The molecule has 2 unspecified atom stereocenters. The summed E-state index contributed by atoms with van der Waals surface area (Å²) in [6.07, 6.45) is 3.85. The van der Waals surface area contributed by atoms with E-state index in [-0.39, 0.29) is 0 Å². The molecule has 3 rings (SSSR count). The largest absolute Gasteiger partial charge is 0.369 e. The van der Waals surface area contributed by atoms with Gasteiger partial charge in [0, 0.05) is 25.2 Å². The van der Waals surface area contributed by atoms with Gasteiger partial charge in [0.2, 0.25) is 0 Å². The van der Waals surface area contributed by atoms with E-state index in [0.717, 1.165) is 35.9 Å². The van der Waals surface area contributed by atoms with Crippen LogP contribution in [0.1, 0.15) is 30.4 Å². The second-order valence-corrected chi connectivity index (χ2v) is 5.92. The van der Waals surface area contributed by atoms with Crippen molar-refractivity contribution in [3.05, 3.63) is 29.3 Å². The topological polar surface area (TPSA) is 30.3 Å². The van der Waals surface area contributed by atoms with Gasteiger partial charge in [0.25, 0.3) is 0 Å². The Balaban J connectivity index is 1.89. The van der Waals surface area contributed by atoms with Crippen LogP contribution in [-0.4, -0.2) is 37.1 Å². The van der Waals surface area contributed by atoms with Gasteiger partial charge in [-0.3, -0.25) is 4.90 Å². The SMILES string of the molecule is Cc1ccc(N2CCC3CCC(C2)N3C)c(C#N)c1. The molecule has 0 N–H and O–H groups in total. The molecule has 0 aromatic heterocycles. The van der Waals surface area contributed by atoms with Crippen molar-refractivity contribution >= 4 is 5.69 Å². The van der Waals surface area contributed by atoms with Crippen LogP contribution in [0.4, 0.5) is 5.69 Å². The number of likely N-dealkylation sites (N-methyl/N-ethyl adjacent to an activating group) is 1. The van der Waals surface area contributed by atoms with Gasteiger partial charge >= 0.3 is 0 Å². The van der Waals surface area contributed by atoms with Crippen molar-refractivity contribution in [3.63, 3.8) is 0 Å². The highest BCUT2D eigenvalue weighted by Crippen LogP contribution is 2.32. The lowest BCUT2D eigenvalue weighted by Gasteiger charge is -2.28. The highest BCUT2D eigenvalue weighted by molar-refractivity contribution is 5.60. The van der Waals surface area contributed by atoms with Crippen molar-refractivity contribution in [3.8, 4) is 6.07 Å². The second-order valence-electron chi connectivity index (χ2n) is 5.92. The van der Waals surface area contributed by atoms with Crippen molar-refractivity contribution < 1.29 is 0 Å². The summed E-state index contributed by atoms with van der Waals surface area (Å²) < 4.78 is 0. The van der Waals surface area contributed by atoms with Crippen LogP contribution in [0.5, 0.6) is 0 Å². The Morgan fingerprint density at radius 2 is 2.00 bits per heavy atom. The average molecular weight is 255 g/mol. The maximum atomic E-state index is 9.34. The molecule has 2 atom stereocenters. The van der Waals surface area contributed by atoms with E-state index in [1.54, 1.807) is 0 Å². The third-order valence-corrected chi connectivity index (χ3v) is 4.76. The number of benzene rings is 1.